The maximum atomic E-state index is 12.0. The van der Waals surface area contributed by atoms with Crippen molar-refractivity contribution in [2.24, 2.45) is 14.1 Å². The number of hydrogen-bond donors (Lipinski definition) is 2. The Balaban J connectivity index is 2.50. The summed E-state index contributed by atoms with van der Waals surface area (Å²) in [5.41, 5.74) is -0.540. The molecule has 0 bridgehead atoms. The van der Waals surface area contributed by atoms with Gasteiger partial charge < -0.3 is 10.6 Å². The number of aryl methyl sites for hydroxylation is 1. The van der Waals surface area contributed by atoms with Gasteiger partial charge >= 0.3 is 5.69 Å². The molecule has 0 atom stereocenters. The molecule has 21 heavy (non-hydrogen) atoms. The number of nitrogens with zero attached hydrogens (tertiary/aromatic N) is 3. The maximum absolute atomic E-state index is 12.0. The summed E-state index contributed by atoms with van der Waals surface area (Å²) in [7, 11) is 4.70. The molecule has 0 radical (unpaired) electrons. The molecule has 8 nitrogen and oxygen atoms in total. The number of pyridine rings is 1. The molecule has 2 aromatic rings. The van der Waals surface area contributed by atoms with Crippen LogP contribution in [0.15, 0.2) is 21.7 Å². The third-order valence-electron chi connectivity index (χ3n) is 3.19. The van der Waals surface area contributed by atoms with Crippen LogP contribution < -0.4 is 21.9 Å². The van der Waals surface area contributed by atoms with Crippen LogP contribution in [0.25, 0.3) is 11.0 Å². The summed E-state index contributed by atoms with van der Waals surface area (Å²) in [5.74, 6) is -0.347. The van der Waals surface area contributed by atoms with E-state index in [4.69, 9.17) is 0 Å². The summed E-state index contributed by atoms with van der Waals surface area (Å²) >= 11 is 0. The van der Waals surface area contributed by atoms with E-state index >= 15 is 0 Å². The second kappa shape index (κ2) is 5.88. The van der Waals surface area contributed by atoms with Crippen LogP contribution in [0.2, 0.25) is 0 Å². The van der Waals surface area contributed by atoms with Crippen molar-refractivity contribution in [1.29, 1.82) is 0 Å². The van der Waals surface area contributed by atoms with Gasteiger partial charge in [0.05, 0.1) is 5.39 Å². The van der Waals surface area contributed by atoms with Gasteiger partial charge in [-0.2, -0.15) is 0 Å². The van der Waals surface area contributed by atoms with Gasteiger partial charge in [0.1, 0.15) is 11.3 Å². The number of aromatic nitrogens is 3. The molecule has 0 unspecified atom stereocenters. The Hall–Kier alpha value is -2.48. The van der Waals surface area contributed by atoms with Gasteiger partial charge in [-0.05, 0) is 19.2 Å². The molecule has 0 spiro atoms. The van der Waals surface area contributed by atoms with Crippen LogP contribution in [0.1, 0.15) is 10.5 Å². The number of carbonyl (C=O) groups is 1. The zero-order valence-electron chi connectivity index (χ0n) is 12.1. The number of hydrogen-bond acceptors (Lipinski definition) is 5. The van der Waals surface area contributed by atoms with E-state index < -0.39 is 11.2 Å². The minimum absolute atomic E-state index is 0.168. The fourth-order valence-electron chi connectivity index (χ4n) is 1.97. The SMILES string of the molecule is CNCCNC(=O)c1ccc2c(=O)n(C)c(=O)n(C)c2n1. The molecule has 2 heterocycles. The zero-order chi connectivity index (χ0) is 15.6. The van der Waals surface area contributed by atoms with E-state index in [9.17, 15) is 14.4 Å². The minimum atomic E-state index is -0.479. The predicted molar refractivity (Wildman–Crippen MR) is 78.5 cm³/mol. The summed E-state index contributed by atoms with van der Waals surface area (Å²) < 4.78 is 2.26. The average molecular weight is 291 g/mol. The first-order valence-electron chi connectivity index (χ1n) is 6.47. The van der Waals surface area contributed by atoms with E-state index in [1.807, 2.05) is 0 Å². The van der Waals surface area contributed by atoms with E-state index in [2.05, 4.69) is 15.6 Å². The number of rotatable bonds is 4. The smallest absolute Gasteiger partial charge is 0.332 e. The van der Waals surface area contributed by atoms with E-state index in [1.165, 1.54) is 30.8 Å². The van der Waals surface area contributed by atoms with Crippen molar-refractivity contribution >= 4 is 16.9 Å². The van der Waals surface area contributed by atoms with E-state index in [-0.39, 0.29) is 17.2 Å². The van der Waals surface area contributed by atoms with E-state index in [0.717, 1.165) is 4.57 Å². The average Bonchev–Trinajstić information content (AvgIpc) is 2.50. The van der Waals surface area contributed by atoms with Crippen molar-refractivity contribution in [3.05, 3.63) is 38.7 Å². The highest BCUT2D eigenvalue weighted by atomic mass is 16.2. The van der Waals surface area contributed by atoms with E-state index in [1.54, 1.807) is 7.05 Å². The number of likely N-dealkylation sites (N-methyl/N-ethyl adjacent to an activating group) is 1. The lowest BCUT2D eigenvalue weighted by Crippen LogP contribution is -2.37. The Morgan fingerprint density at radius 3 is 2.57 bits per heavy atom. The van der Waals surface area contributed by atoms with Gasteiger partial charge in [-0.3, -0.25) is 18.7 Å². The number of fused-ring (bicyclic) bond motifs is 1. The molecule has 0 saturated heterocycles. The number of carbonyl (C=O) groups excluding carboxylic acids is 1. The molecule has 0 aliphatic rings. The fourth-order valence-corrected chi connectivity index (χ4v) is 1.97. The Morgan fingerprint density at radius 2 is 1.90 bits per heavy atom. The first-order valence-corrected chi connectivity index (χ1v) is 6.47. The molecule has 0 aromatic carbocycles. The molecule has 1 amide bonds. The minimum Gasteiger partial charge on any atom is -0.349 e. The summed E-state index contributed by atoms with van der Waals surface area (Å²) in [5, 5.41) is 5.90. The Bertz CT molecular complexity index is 806. The summed E-state index contributed by atoms with van der Waals surface area (Å²) in [4.78, 5) is 39.9. The van der Waals surface area contributed by atoms with Gasteiger partial charge in [0.25, 0.3) is 11.5 Å². The maximum Gasteiger partial charge on any atom is 0.332 e. The highest BCUT2D eigenvalue weighted by Gasteiger charge is 2.13. The molecule has 0 saturated carbocycles. The lowest BCUT2D eigenvalue weighted by atomic mass is 10.2. The first-order chi connectivity index (χ1) is 9.97. The zero-order valence-corrected chi connectivity index (χ0v) is 12.1. The molecular formula is C13H17N5O3. The number of amides is 1. The highest BCUT2D eigenvalue weighted by Crippen LogP contribution is 2.06. The molecule has 2 aromatic heterocycles. The van der Waals surface area contributed by atoms with Crippen molar-refractivity contribution in [1.82, 2.24) is 24.8 Å². The quantitative estimate of drug-likeness (QED) is 0.674. The summed E-state index contributed by atoms with van der Waals surface area (Å²) in [6.07, 6.45) is 0. The summed E-state index contributed by atoms with van der Waals surface area (Å²) in [6.45, 7) is 1.10. The standard InChI is InChI=1S/C13H17N5O3/c1-14-6-7-15-11(19)9-5-4-8-10(16-9)17(2)13(21)18(3)12(8)20/h4-5,14H,6-7H2,1-3H3,(H,15,19). The summed E-state index contributed by atoms with van der Waals surface area (Å²) in [6, 6.07) is 2.99. The molecule has 0 fully saturated rings. The molecule has 0 aliphatic heterocycles. The third-order valence-corrected chi connectivity index (χ3v) is 3.19. The van der Waals surface area contributed by atoms with Crippen LogP contribution in [0.4, 0.5) is 0 Å². The predicted octanol–water partition coefficient (Wildman–Crippen LogP) is -1.42. The van der Waals surface area contributed by atoms with Crippen LogP contribution in [0.5, 0.6) is 0 Å². The normalized spacial score (nSPS) is 10.8. The van der Waals surface area contributed by atoms with E-state index in [0.29, 0.717) is 18.5 Å². The van der Waals surface area contributed by atoms with Gasteiger partial charge in [-0.1, -0.05) is 0 Å². The number of nitrogens with one attached hydrogen (secondary N) is 2. The lowest BCUT2D eigenvalue weighted by molar-refractivity contribution is 0.0949. The van der Waals surface area contributed by atoms with Crippen LogP contribution in [0.3, 0.4) is 0 Å². The Kier molecular flexibility index (Phi) is 4.18. The molecule has 8 heteroatoms. The van der Waals surface area contributed by atoms with Gasteiger partial charge in [-0.25, -0.2) is 9.78 Å². The second-order valence-corrected chi connectivity index (χ2v) is 4.63. The topological polar surface area (TPSA) is 98.0 Å². The Labute approximate surface area is 120 Å². The van der Waals surface area contributed by atoms with Crippen molar-refractivity contribution in [3.63, 3.8) is 0 Å². The third kappa shape index (κ3) is 2.70. The van der Waals surface area contributed by atoms with Crippen molar-refractivity contribution in [2.45, 2.75) is 0 Å². The molecular weight excluding hydrogens is 274 g/mol. The second-order valence-electron chi connectivity index (χ2n) is 4.63. The molecule has 0 aliphatic carbocycles. The van der Waals surface area contributed by atoms with Gasteiger partial charge in [-0.15, -0.1) is 0 Å². The molecule has 112 valence electrons. The van der Waals surface area contributed by atoms with Gasteiger partial charge in [0.2, 0.25) is 0 Å². The monoisotopic (exact) mass is 291 g/mol. The van der Waals surface area contributed by atoms with Crippen molar-refractivity contribution in [2.75, 3.05) is 20.1 Å². The lowest BCUT2D eigenvalue weighted by Gasteiger charge is -2.08. The fraction of sp³-hybridized carbons (Fsp3) is 0.385. The molecule has 2 N–H and O–H groups in total. The van der Waals surface area contributed by atoms with Gasteiger partial charge in [0, 0.05) is 27.2 Å². The van der Waals surface area contributed by atoms with Crippen LogP contribution in [-0.2, 0) is 14.1 Å². The first kappa shape index (κ1) is 14.9. The Morgan fingerprint density at radius 1 is 1.19 bits per heavy atom. The van der Waals surface area contributed by atoms with Crippen LogP contribution in [-0.4, -0.2) is 40.2 Å². The highest BCUT2D eigenvalue weighted by molar-refractivity contribution is 5.94. The molecule has 2 rings (SSSR count). The van der Waals surface area contributed by atoms with Crippen molar-refractivity contribution in [3.8, 4) is 0 Å². The largest absolute Gasteiger partial charge is 0.349 e. The van der Waals surface area contributed by atoms with Crippen molar-refractivity contribution < 1.29 is 4.79 Å². The van der Waals surface area contributed by atoms with Crippen LogP contribution >= 0.6 is 0 Å². The van der Waals surface area contributed by atoms with Crippen LogP contribution in [0, 0.1) is 0 Å². The van der Waals surface area contributed by atoms with Gasteiger partial charge in [0.15, 0.2) is 0 Å².